The van der Waals surface area contributed by atoms with Gasteiger partial charge in [-0.3, -0.25) is 0 Å². The van der Waals surface area contributed by atoms with Gasteiger partial charge in [0.15, 0.2) is 8.32 Å². The normalized spacial score (nSPS) is 11.7. The van der Waals surface area contributed by atoms with E-state index in [0.29, 0.717) is 0 Å². The fraction of sp³-hybridized carbons (Fsp3) is 0.538. The van der Waals surface area contributed by atoms with Crippen molar-refractivity contribution in [3.8, 4) is 0 Å². The maximum atomic E-state index is 5.82. The average molecular weight is 250 g/mol. The lowest BCUT2D eigenvalue weighted by molar-refractivity contribution is 0.303. The lowest BCUT2D eigenvalue weighted by Crippen LogP contribution is -2.25. The first kappa shape index (κ1) is 13.7. The highest BCUT2D eigenvalue weighted by atomic mass is 28.4. The standard InChI is InChI=1S/C13H22OSi2/c1-16(2,3)14-11-7-8-12-15-13-9-5-4-6-10-13/h4-6,9-10H,7-8,11-12H2,1-3H3. The zero-order valence-corrected chi connectivity index (χ0v) is 12.6. The van der Waals surface area contributed by atoms with Gasteiger partial charge in [0.05, 0.1) is 9.52 Å². The minimum atomic E-state index is -1.28. The van der Waals surface area contributed by atoms with E-state index in [2.05, 4.69) is 50.0 Å². The molecule has 0 aromatic heterocycles. The Balaban J connectivity index is 2.01. The van der Waals surface area contributed by atoms with E-state index in [1.165, 1.54) is 24.1 Å². The van der Waals surface area contributed by atoms with Gasteiger partial charge in [0.25, 0.3) is 0 Å². The maximum Gasteiger partial charge on any atom is 0.183 e. The molecule has 0 saturated heterocycles. The van der Waals surface area contributed by atoms with Gasteiger partial charge in [-0.25, -0.2) is 0 Å². The molecule has 0 aliphatic carbocycles. The first-order valence-corrected chi connectivity index (χ1v) is 10.6. The highest BCUT2D eigenvalue weighted by molar-refractivity contribution is 6.69. The van der Waals surface area contributed by atoms with Gasteiger partial charge in [-0.2, -0.15) is 0 Å². The van der Waals surface area contributed by atoms with Crippen LogP contribution in [0, 0.1) is 0 Å². The van der Waals surface area contributed by atoms with Crippen molar-refractivity contribution in [3.63, 3.8) is 0 Å². The van der Waals surface area contributed by atoms with Gasteiger partial charge in [-0.1, -0.05) is 48.0 Å². The summed E-state index contributed by atoms with van der Waals surface area (Å²) in [4.78, 5) is 0. The number of benzene rings is 1. The fourth-order valence-corrected chi connectivity index (χ4v) is 3.29. The van der Waals surface area contributed by atoms with Crippen LogP contribution < -0.4 is 5.19 Å². The van der Waals surface area contributed by atoms with Crippen molar-refractivity contribution >= 4 is 23.0 Å². The van der Waals surface area contributed by atoms with Gasteiger partial charge in [0, 0.05) is 6.61 Å². The third kappa shape index (κ3) is 6.98. The monoisotopic (exact) mass is 250 g/mol. The molecular weight excluding hydrogens is 228 g/mol. The molecular formula is C13H22OSi2. The zero-order chi connectivity index (χ0) is 11.9. The Morgan fingerprint density at radius 2 is 1.75 bits per heavy atom. The van der Waals surface area contributed by atoms with E-state index >= 15 is 0 Å². The van der Waals surface area contributed by atoms with Crippen molar-refractivity contribution in [1.82, 2.24) is 0 Å². The van der Waals surface area contributed by atoms with E-state index in [4.69, 9.17) is 4.43 Å². The number of hydrogen-bond donors (Lipinski definition) is 0. The summed E-state index contributed by atoms with van der Waals surface area (Å²) in [5.41, 5.74) is 0. The van der Waals surface area contributed by atoms with Crippen molar-refractivity contribution in [2.45, 2.75) is 38.5 Å². The van der Waals surface area contributed by atoms with Gasteiger partial charge >= 0.3 is 0 Å². The SMILES string of the molecule is C[Si](C)(C)OCCCC[Si]c1ccccc1. The molecule has 0 unspecified atom stereocenters. The largest absolute Gasteiger partial charge is 0.418 e. The van der Waals surface area contributed by atoms with Gasteiger partial charge < -0.3 is 4.43 Å². The van der Waals surface area contributed by atoms with E-state index in [1.54, 1.807) is 0 Å². The average Bonchev–Trinajstić information content (AvgIpc) is 2.23. The van der Waals surface area contributed by atoms with Crippen molar-refractivity contribution in [2.75, 3.05) is 6.61 Å². The van der Waals surface area contributed by atoms with Gasteiger partial charge in [-0.05, 0) is 26.1 Å². The number of hydrogen-bond acceptors (Lipinski definition) is 1. The summed E-state index contributed by atoms with van der Waals surface area (Å²) in [6.45, 7) is 7.70. The van der Waals surface area contributed by atoms with Crippen LogP contribution in [0.5, 0.6) is 0 Å². The molecule has 3 heteroatoms. The molecule has 1 aromatic carbocycles. The lowest BCUT2D eigenvalue weighted by Gasteiger charge is -2.16. The summed E-state index contributed by atoms with van der Waals surface area (Å²) >= 11 is 0. The molecule has 0 heterocycles. The second-order valence-corrected chi connectivity index (χ2v) is 10.9. The molecule has 88 valence electrons. The summed E-state index contributed by atoms with van der Waals surface area (Å²) in [6.07, 6.45) is 2.50. The molecule has 0 saturated carbocycles. The minimum absolute atomic E-state index is 0.953. The fourth-order valence-electron chi connectivity index (χ4n) is 1.39. The topological polar surface area (TPSA) is 9.23 Å². The molecule has 0 aliphatic heterocycles. The highest BCUT2D eigenvalue weighted by Gasteiger charge is 2.12. The van der Waals surface area contributed by atoms with Crippen LogP contribution in [0.15, 0.2) is 30.3 Å². The van der Waals surface area contributed by atoms with Crippen molar-refractivity contribution in [3.05, 3.63) is 30.3 Å². The molecule has 1 nitrogen and oxygen atoms in total. The van der Waals surface area contributed by atoms with Crippen LogP contribution in [0.1, 0.15) is 12.8 Å². The van der Waals surface area contributed by atoms with Crippen LogP contribution in [-0.4, -0.2) is 24.4 Å². The van der Waals surface area contributed by atoms with E-state index in [-0.39, 0.29) is 0 Å². The predicted octanol–water partition coefficient (Wildman–Crippen LogP) is 3.07. The predicted molar refractivity (Wildman–Crippen MR) is 75.2 cm³/mol. The van der Waals surface area contributed by atoms with Crippen LogP contribution in [-0.2, 0) is 4.43 Å². The molecule has 0 bridgehead atoms. The summed E-state index contributed by atoms with van der Waals surface area (Å²) < 4.78 is 5.82. The Morgan fingerprint density at radius 3 is 2.38 bits per heavy atom. The van der Waals surface area contributed by atoms with Crippen molar-refractivity contribution in [2.24, 2.45) is 0 Å². The van der Waals surface area contributed by atoms with Crippen LogP contribution in [0.2, 0.25) is 25.7 Å². The Bertz CT molecular complexity index is 280. The second kappa shape index (κ2) is 7.04. The molecule has 0 amide bonds. The van der Waals surface area contributed by atoms with Crippen LogP contribution in [0.3, 0.4) is 0 Å². The summed E-state index contributed by atoms with van der Waals surface area (Å²) in [7, 11) is -0.321. The maximum absolute atomic E-state index is 5.82. The van der Waals surface area contributed by atoms with Crippen LogP contribution >= 0.6 is 0 Å². The highest BCUT2D eigenvalue weighted by Crippen LogP contribution is 2.05. The van der Waals surface area contributed by atoms with E-state index in [0.717, 1.165) is 16.1 Å². The molecule has 1 rings (SSSR count). The summed E-state index contributed by atoms with van der Waals surface area (Å²) in [5, 5.41) is 1.48. The molecule has 0 N–H and O–H groups in total. The molecule has 16 heavy (non-hydrogen) atoms. The molecule has 2 radical (unpaired) electrons. The molecule has 1 aromatic rings. The summed E-state index contributed by atoms with van der Waals surface area (Å²) in [5.74, 6) is 0. The molecule has 0 atom stereocenters. The molecule has 0 fully saturated rings. The zero-order valence-electron chi connectivity index (χ0n) is 10.6. The number of rotatable bonds is 7. The third-order valence-corrected chi connectivity index (χ3v) is 4.62. The Hall–Kier alpha value is -0.386. The van der Waals surface area contributed by atoms with E-state index in [9.17, 15) is 0 Å². The van der Waals surface area contributed by atoms with Gasteiger partial charge in [0.1, 0.15) is 0 Å². The lowest BCUT2D eigenvalue weighted by atomic mass is 10.4. The van der Waals surface area contributed by atoms with E-state index in [1.807, 2.05) is 0 Å². The summed E-state index contributed by atoms with van der Waals surface area (Å²) in [6, 6.07) is 12.1. The Morgan fingerprint density at radius 1 is 1.06 bits per heavy atom. The number of unbranched alkanes of at least 4 members (excludes halogenated alkanes) is 1. The van der Waals surface area contributed by atoms with Gasteiger partial charge in [0.2, 0.25) is 0 Å². The van der Waals surface area contributed by atoms with E-state index < -0.39 is 8.32 Å². The van der Waals surface area contributed by atoms with Gasteiger partial charge in [-0.15, -0.1) is 0 Å². The second-order valence-electron chi connectivity index (χ2n) is 4.96. The smallest absolute Gasteiger partial charge is 0.183 e. The first-order chi connectivity index (χ1) is 7.58. The third-order valence-electron chi connectivity index (χ3n) is 2.21. The van der Waals surface area contributed by atoms with Crippen molar-refractivity contribution in [1.29, 1.82) is 0 Å². The Kier molecular flexibility index (Phi) is 6.02. The Labute approximate surface area is 103 Å². The van der Waals surface area contributed by atoms with Crippen molar-refractivity contribution < 1.29 is 4.43 Å². The van der Waals surface area contributed by atoms with Crippen LogP contribution in [0.4, 0.5) is 0 Å². The van der Waals surface area contributed by atoms with Crippen LogP contribution in [0.25, 0.3) is 0 Å². The minimum Gasteiger partial charge on any atom is -0.418 e. The molecule has 0 spiro atoms. The quantitative estimate of drug-likeness (QED) is 0.534. The molecule has 0 aliphatic rings. The first-order valence-electron chi connectivity index (χ1n) is 6.01.